The second-order valence-electron chi connectivity index (χ2n) is 5.70. The van der Waals surface area contributed by atoms with E-state index in [1.54, 1.807) is 18.2 Å². The Kier molecular flexibility index (Phi) is 4.52. The van der Waals surface area contributed by atoms with Crippen LogP contribution in [0.15, 0.2) is 41.9 Å². The lowest BCUT2D eigenvalue weighted by Crippen LogP contribution is -2.21. The number of carbonyl (C=O) groups is 1. The fourth-order valence-corrected chi connectivity index (χ4v) is 4.21. The van der Waals surface area contributed by atoms with Crippen LogP contribution in [0.25, 0.3) is 15.3 Å². The summed E-state index contributed by atoms with van der Waals surface area (Å²) in [5.74, 6) is -0.0957. The monoisotopic (exact) mass is 411 g/mol. The van der Waals surface area contributed by atoms with Gasteiger partial charge in [-0.25, -0.2) is 4.98 Å². The maximum Gasteiger partial charge on any atom is 0.422 e. The maximum absolute atomic E-state index is 12.4. The summed E-state index contributed by atoms with van der Waals surface area (Å²) in [5.41, 5.74) is 1.65. The molecule has 3 heterocycles. The molecule has 0 aliphatic heterocycles. The van der Waals surface area contributed by atoms with Crippen LogP contribution in [0.3, 0.4) is 0 Å². The third kappa shape index (κ3) is 3.91. The van der Waals surface area contributed by atoms with Crippen LogP contribution in [0.1, 0.15) is 15.2 Å². The topological polar surface area (TPSA) is 55.6 Å². The average molecular weight is 411 g/mol. The van der Waals surface area contributed by atoms with E-state index in [9.17, 15) is 18.0 Å². The van der Waals surface area contributed by atoms with Gasteiger partial charge in [0.1, 0.15) is 10.6 Å². The Bertz CT molecular complexity index is 1100. The number of hydrogen-bond donors (Lipinski definition) is 1. The van der Waals surface area contributed by atoms with Crippen molar-refractivity contribution >= 4 is 43.9 Å². The minimum Gasteiger partial charge on any atom is -0.484 e. The fraction of sp³-hybridized carbons (Fsp3) is 0.176. The molecular weight excluding hydrogens is 399 g/mol. The van der Waals surface area contributed by atoms with Crippen molar-refractivity contribution in [3.8, 4) is 5.75 Å². The first-order chi connectivity index (χ1) is 12.9. The molecule has 3 aromatic heterocycles. The zero-order valence-electron chi connectivity index (χ0n) is 13.6. The highest BCUT2D eigenvalue weighted by molar-refractivity contribution is 7.21. The molecule has 0 fully saturated rings. The minimum absolute atomic E-state index is 0.127. The highest BCUT2D eigenvalue weighted by atomic mass is 32.1. The molecule has 1 N–H and O–H groups in total. The Morgan fingerprint density at radius 1 is 1.26 bits per heavy atom. The molecule has 0 aliphatic carbocycles. The molecule has 27 heavy (non-hydrogen) atoms. The molecule has 0 saturated heterocycles. The number of thiophene rings is 1. The third-order valence-corrected chi connectivity index (χ3v) is 5.52. The van der Waals surface area contributed by atoms with Crippen molar-refractivity contribution in [2.24, 2.45) is 0 Å². The lowest BCUT2D eigenvalue weighted by atomic mass is 10.2. The Labute approximate surface area is 159 Å². The lowest BCUT2D eigenvalue weighted by Gasteiger charge is -2.09. The van der Waals surface area contributed by atoms with E-state index in [1.807, 2.05) is 16.0 Å². The number of aromatic nitrogens is 2. The van der Waals surface area contributed by atoms with Crippen LogP contribution in [0, 0.1) is 0 Å². The van der Waals surface area contributed by atoms with Gasteiger partial charge < -0.3 is 10.1 Å². The van der Waals surface area contributed by atoms with Crippen molar-refractivity contribution in [1.82, 2.24) is 14.7 Å². The first-order valence-corrected chi connectivity index (χ1v) is 9.50. The summed E-state index contributed by atoms with van der Waals surface area (Å²) in [6.07, 6.45) is -2.46. The normalized spacial score (nSPS) is 12.0. The van der Waals surface area contributed by atoms with Crippen LogP contribution in [0.5, 0.6) is 5.75 Å². The summed E-state index contributed by atoms with van der Waals surface area (Å²) in [6, 6.07) is 7.92. The quantitative estimate of drug-likeness (QED) is 0.527. The van der Waals surface area contributed by atoms with Gasteiger partial charge in [0.2, 0.25) is 0 Å². The van der Waals surface area contributed by atoms with Gasteiger partial charge in [-0.15, -0.1) is 22.7 Å². The number of hydrogen-bond acceptors (Lipinski definition) is 5. The predicted molar refractivity (Wildman–Crippen MR) is 97.6 cm³/mol. The molecule has 0 spiro atoms. The van der Waals surface area contributed by atoms with Crippen molar-refractivity contribution in [3.05, 3.63) is 52.3 Å². The van der Waals surface area contributed by atoms with E-state index in [2.05, 4.69) is 15.0 Å². The van der Waals surface area contributed by atoms with E-state index in [1.165, 1.54) is 34.8 Å². The van der Waals surface area contributed by atoms with Crippen LogP contribution in [-0.2, 0) is 6.54 Å². The number of nitrogens with one attached hydrogen (secondary N) is 1. The van der Waals surface area contributed by atoms with Crippen molar-refractivity contribution in [1.29, 1.82) is 0 Å². The largest absolute Gasteiger partial charge is 0.484 e. The zero-order chi connectivity index (χ0) is 19.0. The molecule has 10 heteroatoms. The predicted octanol–water partition coefficient (Wildman–Crippen LogP) is 4.48. The van der Waals surface area contributed by atoms with Gasteiger partial charge in [-0.05, 0) is 23.8 Å². The SMILES string of the molecule is O=C(NCc1ccc(OCC(F)(F)F)cc1)c1cc2c(nc3sccn32)s1. The standard InChI is InChI=1S/C17H12F3N3O2S2/c18-17(19,20)9-25-11-3-1-10(2-4-11)8-21-14(24)13-7-12-15(27-13)22-16-23(12)5-6-26-16/h1-7H,8-9H2,(H,21,24). The van der Waals surface area contributed by atoms with Crippen LogP contribution < -0.4 is 10.1 Å². The molecule has 0 aliphatic rings. The Morgan fingerprint density at radius 2 is 2.04 bits per heavy atom. The molecule has 4 rings (SSSR count). The van der Waals surface area contributed by atoms with E-state index < -0.39 is 12.8 Å². The number of fused-ring (bicyclic) bond motifs is 3. The Balaban J connectivity index is 1.38. The van der Waals surface area contributed by atoms with E-state index in [4.69, 9.17) is 0 Å². The molecule has 0 saturated carbocycles. The first-order valence-electron chi connectivity index (χ1n) is 7.81. The van der Waals surface area contributed by atoms with Gasteiger partial charge in [0.25, 0.3) is 5.91 Å². The number of imidazole rings is 1. The van der Waals surface area contributed by atoms with Crippen LogP contribution in [-0.4, -0.2) is 28.1 Å². The molecular formula is C17H12F3N3O2S2. The first kappa shape index (κ1) is 17.8. The summed E-state index contributed by atoms with van der Waals surface area (Å²) in [7, 11) is 0. The smallest absolute Gasteiger partial charge is 0.422 e. The van der Waals surface area contributed by atoms with Crippen LogP contribution in [0.4, 0.5) is 13.2 Å². The summed E-state index contributed by atoms with van der Waals surface area (Å²) in [4.78, 5) is 19.1. The second-order valence-corrected chi connectivity index (χ2v) is 7.60. The number of nitrogens with zero attached hydrogens (tertiary/aromatic N) is 2. The van der Waals surface area contributed by atoms with Crippen molar-refractivity contribution in [2.75, 3.05) is 6.61 Å². The summed E-state index contributed by atoms with van der Waals surface area (Å²) in [6.45, 7) is -1.07. The second kappa shape index (κ2) is 6.86. The number of thiazole rings is 1. The van der Waals surface area contributed by atoms with Crippen molar-refractivity contribution in [3.63, 3.8) is 0 Å². The summed E-state index contributed by atoms with van der Waals surface area (Å²) in [5, 5.41) is 4.73. The molecule has 0 unspecified atom stereocenters. The molecule has 0 atom stereocenters. The van der Waals surface area contributed by atoms with Crippen molar-refractivity contribution < 1.29 is 22.7 Å². The van der Waals surface area contributed by atoms with Gasteiger partial charge in [0.15, 0.2) is 11.6 Å². The highest BCUT2D eigenvalue weighted by Gasteiger charge is 2.28. The van der Waals surface area contributed by atoms with Gasteiger partial charge in [0, 0.05) is 18.1 Å². The van der Waals surface area contributed by atoms with Gasteiger partial charge in [-0.3, -0.25) is 9.20 Å². The molecule has 1 amide bonds. The highest BCUT2D eigenvalue weighted by Crippen LogP contribution is 2.28. The lowest BCUT2D eigenvalue weighted by molar-refractivity contribution is -0.153. The molecule has 1 aromatic carbocycles. The van der Waals surface area contributed by atoms with E-state index in [0.29, 0.717) is 4.88 Å². The average Bonchev–Trinajstić information content (AvgIpc) is 3.30. The number of halogens is 3. The number of ether oxygens (including phenoxy) is 1. The van der Waals surface area contributed by atoms with Crippen LogP contribution in [0.2, 0.25) is 0 Å². The maximum atomic E-state index is 12.4. The summed E-state index contributed by atoms with van der Waals surface area (Å²) < 4.78 is 43.0. The van der Waals surface area contributed by atoms with E-state index in [-0.39, 0.29) is 18.2 Å². The summed E-state index contributed by atoms with van der Waals surface area (Å²) >= 11 is 2.85. The minimum atomic E-state index is -4.37. The number of alkyl halides is 3. The third-order valence-electron chi connectivity index (χ3n) is 3.74. The van der Waals surface area contributed by atoms with Gasteiger partial charge in [0.05, 0.1) is 10.4 Å². The zero-order valence-corrected chi connectivity index (χ0v) is 15.2. The molecule has 4 aromatic rings. The van der Waals surface area contributed by atoms with Gasteiger partial charge in [-0.1, -0.05) is 12.1 Å². The Hall–Kier alpha value is -2.59. The molecule has 140 valence electrons. The Morgan fingerprint density at radius 3 is 2.78 bits per heavy atom. The van der Waals surface area contributed by atoms with Gasteiger partial charge >= 0.3 is 6.18 Å². The number of carbonyl (C=O) groups excluding carboxylic acids is 1. The molecule has 0 bridgehead atoms. The number of amides is 1. The fourth-order valence-electron chi connectivity index (χ4n) is 2.50. The molecule has 0 radical (unpaired) electrons. The molecule has 5 nitrogen and oxygen atoms in total. The van der Waals surface area contributed by atoms with Crippen LogP contribution >= 0.6 is 22.7 Å². The number of rotatable bonds is 5. The number of benzene rings is 1. The van der Waals surface area contributed by atoms with E-state index in [0.717, 1.165) is 20.9 Å². The van der Waals surface area contributed by atoms with E-state index >= 15 is 0 Å². The van der Waals surface area contributed by atoms with Crippen molar-refractivity contribution in [2.45, 2.75) is 12.7 Å². The van der Waals surface area contributed by atoms with Gasteiger partial charge in [-0.2, -0.15) is 13.2 Å².